The Hall–Kier alpha value is -3.62. The average molecular weight is 458 g/mol. The van der Waals surface area contributed by atoms with E-state index in [0.29, 0.717) is 43.0 Å². The van der Waals surface area contributed by atoms with Crippen molar-refractivity contribution >= 4 is 17.7 Å². The van der Waals surface area contributed by atoms with Crippen molar-refractivity contribution in [1.82, 2.24) is 15.5 Å². The minimum Gasteiger partial charge on any atom is -0.497 e. The molecule has 3 rings (SSSR count). The highest BCUT2D eigenvalue weighted by Crippen LogP contribution is 2.25. The number of ether oxygens (including phenoxy) is 2. The Bertz CT molecular complexity index is 983. The average Bonchev–Trinajstić information content (AvgIpc) is 2.85. The van der Waals surface area contributed by atoms with Gasteiger partial charge in [-0.3, -0.25) is 14.4 Å². The summed E-state index contributed by atoms with van der Waals surface area (Å²) in [5.41, 5.74) is 0.439. The standard InChI is InChI=1S/C24H28FN3O5/c1-32-18-13-17(14-19(15-18)33-2)24(31)28-11-7-16(8-12-28)22(29)26-9-10-27-23(30)20-5-3-4-6-21(20)25/h3-6,13-16H,7-12H2,1-2H3,(H,26,29)(H,27,30). The van der Waals surface area contributed by atoms with Crippen LogP contribution in [0.1, 0.15) is 33.6 Å². The molecular formula is C24H28FN3O5. The molecule has 0 aliphatic carbocycles. The van der Waals surface area contributed by atoms with E-state index in [9.17, 15) is 18.8 Å². The Morgan fingerprint density at radius 1 is 0.970 bits per heavy atom. The number of nitrogens with zero attached hydrogens (tertiary/aromatic N) is 1. The van der Waals surface area contributed by atoms with E-state index in [1.807, 2.05) is 0 Å². The van der Waals surface area contributed by atoms with Gasteiger partial charge in [0.15, 0.2) is 0 Å². The molecule has 8 nitrogen and oxygen atoms in total. The van der Waals surface area contributed by atoms with E-state index in [4.69, 9.17) is 9.47 Å². The fourth-order valence-electron chi connectivity index (χ4n) is 3.70. The van der Waals surface area contributed by atoms with Crippen molar-refractivity contribution in [2.45, 2.75) is 12.8 Å². The molecule has 1 saturated heterocycles. The van der Waals surface area contributed by atoms with Crippen molar-refractivity contribution < 1.29 is 28.2 Å². The van der Waals surface area contributed by atoms with Gasteiger partial charge in [0.25, 0.3) is 11.8 Å². The molecule has 0 radical (unpaired) electrons. The summed E-state index contributed by atoms with van der Waals surface area (Å²) < 4.78 is 24.1. The van der Waals surface area contributed by atoms with Crippen LogP contribution in [0, 0.1) is 11.7 Å². The number of halogens is 1. The normalized spacial score (nSPS) is 13.8. The number of nitrogens with one attached hydrogen (secondary N) is 2. The Kier molecular flexibility index (Phi) is 8.23. The van der Waals surface area contributed by atoms with Gasteiger partial charge in [-0.25, -0.2) is 4.39 Å². The molecule has 2 aromatic rings. The van der Waals surface area contributed by atoms with Crippen molar-refractivity contribution in [2.75, 3.05) is 40.4 Å². The molecule has 176 valence electrons. The molecule has 2 N–H and O–H groups in total. The zero-order valence-electron chi connectivity index (χ0n) is 18.7. The van der Waals surface area contributed by atoms with E-state index < -0.39 is 11.7 Å². The second-order valence-corrected chi connectivity index (χ2v) is 7.69. The number of amides is 3. The van der Waals surface area contributed by atoms with Crippen molar-refractivity contribution in [3.63, 3.8) is 0 Å². The Morgan fingerprint density at radius 3 is 2.18 bits per heavy atom. The molecule has 1 aliphatic heterocycles. The minimum absolute atomic E-state index is 0.0329. The molecule has 0 saturated carbocycles. The topological polar surface area (TPSA) is 97.0 Å². The molecule has 1 heterocycles. The highest BCUT2D eigenvalue weighted by Gasteiger charge is 2.28. The molecule has 0 aromatic heterocycles. The lowest BCUT2D eigenvalue weighted by Gasteiger charge is -2.31. The van der Waals surface area contributed by atoms with Gasteiger partial charge in [-0.15, -0.1) is 0 Å². The summed E-state index contributed by atoms with van der Waals surface area (Å²) in [5, 5.41) is 5.39. The first kappa shape index (κ1) is 24.0. The largest absolute Gasteiger partial charge is 0.497 e. The second kappa shape index (κ2) is 11.3. The second-order valence-electron chi connectivity index (χ2n) is 7.69. The lowest BCUT2D eigenvalue weighted by Crippen LogP contribution is -2.44. The van der Waals surface area contributed by atoms with Crippen LogP contribution in [0.4, 0.5) is 4.39 Å². The summed E-state index contributed by atoms with van der Waals surface area (Å²) in [6.07, 6.45) is 1.08. The predicted molar refractivity (Wildman–Crippen MR) is 120 cm³/mol. The number of likely N-dealkylation sites (tertiary alicyclic amines) is 1. The molecule has 1 aliphatic rings. The van der Waals surface area contributed by atoms with Gasteiger partial charge >= 0.3 is 0 Å². The summed E-state index contributed by atoms with van der Waals surface area (Å²) >= 11 is 0. The number of methoxy groups -OCH3 is 2. The van der Waals surface area contributed by atoms with E-state index in [0.717, 1.165) is 0 Å². The molecule has 0 bridgehead atoms. The van der Waals surface area contributed by atoms with Gasteiger partial charge in [0.05, 0.1) is 19.8 Å². The van der Waals surface area contributed by atoms with Gasteiger partial charge in [-0.05, 0) is 37.1 Å². The first-order valence-corrected chi connectivity index (χ1v) is 10.8. The first-order chi connectivity index (χ1) is 15.9. The van der Waals surface area contributed by atoms with E-state index in [1.54, 1.807) is 29.2 Å². The molecular weight excluding hydrogens is 429 g/mol. The van der Waals surface area contributed by atoms with Crippen LogP contribution >= 0.6 is 0 Å². The number of hydrogen-bond donors (Lipinski definition) is 2. The third-order valence-corrected chi connectivity index (χ3v) is 5.58. The van der Waals surface area contributed by atoms with Crippen LogP contribution in [0.15, 0.2) is 42.5 Å². The zero-order chi connectivity index (χ0) is 23.8. The van der Waals surface area contributed by atoms with Crippen LogP contribution in [0.2, 0.25) is 0 Å². The Balaban J connectivity index is 1.43. The van der Waals surface area contributed by atoms with Crippen molar-refractivity contribution in [1.29, 1.82) is 0 Å². The van der Waals surface area contributed by atoms with Crippen LogP contribution in [-0.4, -0.2) is 63.0 Å². The number of carbonyl (C=O) groups excluding carboxylic acids is 3. The minimum atomic E-state index is -0.590. The highest BCUT2D eigenvalue weighted by atomic mass is 19.1. The molecule has 2 aromatic carbocycles. The quantitative estimate of drug-likeness (QED) is 0.593. The fraction of sp³-hybridized carbons (Fsp3) is 0.375. The highest BCUT2D eigenvalue weighted by molar-refractivity contribution is 5.95. The summed E-state index contributed by atoms with van der Waals surface area (Å²) in [6, 6.07) is 10.8. The lowest BCUT2D eigenvalue weighted by atomic mass is 9.95. The first-order valence-electron chi connectivity index (χ1n) is 10.8. The van der Waals surface area contributed by atoms with Crippen LogP contribution in [0.25, 0.3) is 0 Å². The monoisotopic (exact) mass is 457 g/mol. The van der Waals surface area contributed by atoms with Crippen LogP contribution < -0.4 is 20.1 Å². The van der Waals surface area contributed by atoms with E-state index in [2.05, 4.69) is 10.6 Å². The van der Waals surface area contributed by atoms with Gasteiger partial charge in [-0.1, -0.05) is 12.1 Å². The lowest BCUT2D eigenvalue weighted by molar-refractivity contribution is -0.126. The number of piperidine rings is 1. The van der Waals surface area contributed by atoms with E-state index in [1.165, 1.54) is 32.4 Å². The summed E-state index contributed by atoms with van der Waals surface area (Å²) in [4.78, 5) is 39.0. The molecule has 1 fully saturated rings. The number of rotatable bonds is 8. The van der Waals surface area contributed by atoms with Crippen molar-refractivity contribution in [3.05, 3.63) is 59.4 Å². The Morgan fingerprint density at radius 2 is 1.58 bits per heavy atom. The SMILES string of the molecule is COc1cc(OC)cc(C(=O)N2CCC(C(=O)NCCNC(=O)c3ccccc3F)CC2)c1. The third-order valence-electron chi connectivity index (χ3n) is 5.58. The maximum absolute atomic E-state index is 13.6. The van der Waals surface area contributed by atoms with E-state index >= 15 is 0 Å². The molecule has 0 spiro atoms. The van der Waals surface area contributed by atoms with Gasteiger partial charge in [-0.2, -0.15) is 0 Å². The van der Waals surface area contributed by atoms with Crippen LogP contribution in [0.3, 0.4) is 0 Å². The number of hydrogen-bond acceptors (Lipinski definition) is 5. The van der Waals surface area contributed by atoms with Crippen molar-refractivity contribution in [3.8, 4) is 11.5 Å². The molecule has 0 unspecified atom stereocenters. The number of carbonyl (C=O) groups is 3. The molecule has 33 heavy (non-hydrogen) atoms. The maximum Gasteiger partial charge on any atom is 0.254 e. The van der Waals surface area contributed by atoms with Gasteiger partial charge in [0.1, 0.15) is 17.3 Å². The fourth-order valence-corrected chi connectivity index (χ4v) is 3.70. The predicted octanol–water partition coefficient (Wildman–Crippen LogP) is 2.24. The van der Waals surface area contributed by atoms with Crippen LogP contribution in [-0.2, 0) is 4.79 Å². The van der Waals surface area contributed by atoms with Gasteiger partial charge in [0, 0.05) is 43.7 Å². The van der Waals surface area contributed by atoms with E-state index in [-0.39, 0.29) is 36.4 Å². The Labute approximate surface area is 192 Å². The molecule has 3 amide bonds. The van der Waals surface area contributed by atoms with Crippen LogP contribution in [0.5, 0.6) is 11.5 Å². The summed E-state index contributed by atoms with van der Waals surface area (Å²) in [5.74, 6) is -0.512. The number of benzene rings is 2. The maximum atomic E-state index is 13.6. The van der Waals surface area contributed by atoms with Crippen molar-refractivity contribution in [2.24, 2.45) is 5.92 Å². The summed E-state index contributed by atoms with van der Waals surface area (Å²) in [6.45, 7) is 1.34. The van der Waals surface area contributed by atoms with Gasteiger partial charge < -0.3 is 25.0 Å². The third kappa shape index (κ3) is 6.21. The van der Waals surface area contributed by atoms with Gasteiger partial charge in [0.2, 0.25) is 5.91 Å². The molecule has 0 atom stereocenters. The molecule has 9 heteroatoms. The smallest absolute Gasteiger partial charge is 0.254 e. The summed E-state index contributed by atoms with van der Waals surface area (Å²) in [7, 11) is 3.05. The zero-order valence-corrected chi connectivity index (χ0v) is 18.7.